The van der Waals surface area contributed by atoms with E-state index in [2.05, 4.69) is 28.5 Å². The van der Waals surface area contributed by atoms with Crippen molar-refractivity contribution in [3.8, 4) is 0 Å². The first-order valence-corrected chi connectivity index (χ1v) is 10.9. The van der Waals surface area contributed by atoms with Gasteiger partial charge in [-0.1, -0.05) is 18.2 Å². The minimum absolute atomic E-state index is 0.159. The van der Waals surface area contributed by atoms with Crippen molar-refractivity contribution in [2.75, 3.05) is 30.4 Å². The van der Waals surface area contributed by atoms with Gasteiger partial charge >= 0.3 is 5.97 Å². The van der Waals surface area contributed by atoms with E-state index in [0.29, 0.717) is 15.4 Å². The fraction of sp³-hybridized carbons (Fsp3) is 0.409. The van der Waals surface area contributed by atoms with E-state index in [0.717, 1.165) is 29.9 Å². The molecule has 0 saturated carbocycles. The second-order valence-corrected chi connectivity index (χ2v) is 8.27. The number of benzene rings is 1. The Morgan fingerprint density at radius 1 is 1.27 bits per heavy atom. The maximum absolute atomic E-state index is 12.9. The van der Waals surface area contributed by atoms with E-state index in [1.807, 2.05) is 18.2 Å². The Morgan fingerprint density at radius 2 is 2.00 bits per heavy atom. The number of thiophene rings is 1. The lowest BCUT2D eigenvalue weighted by Crippen LogP contribution is -2.42. The highest BCUT2D eigenvalue weighted by Gasteiger charge is 2.28. The molecule has 0 fully saturated rings. The van der Waals surface area contributed by atoms with Crippen LogP contribution in [0.2, 0.25) is 0 Å². The lowest BCUT2D eigenvalue weighted by molar-refractivity contribution is -0.115. The molecule has 1 aromatic carbocycles. The number of rotatable bonds is 6. The zero-order valence-corrected chi connectivity index (χ0v) is 18.5. The van der Waals surface area contributed by atoms with Crippen LogP contribution in [-0.2, 0) is 16.0 Å². The van der Waals surface area contributed by atoms with E-state index in [-0.39, 0.29) is 36.6 Å². The molecule has 1 aliphatic heterocycles. The Bertz CT molecular complexity index is 969. The number of nitrogens with zero attached hydrogens (tertiary/aromatic N) is 1. The number of hydrogen-bond acceptors (Lipinski definition) is 6. The van der Waals surface area contributed by atoms with Crippen LogP contribution >= 0.6 is 11.3 Å². The van der Waals surface area contributed by atoms with Crippen molar-refractivity contribution in [1.82, 2.24) is 5.32 Å². The van der Waals surface area contributed by atoms with Gasteiger partial charge in [-0.3, -0.25) is 9.59 Å². The minimum Gasteiger partial charge on any atom is -0.462 e. The van der Waals surface area contributed by atoms with Gasteiger partial charge in [0.15, 0.2) is 0 Å². The van der Waals surface area contributed by atoms with E-state index in [1.54, 1.807) is 13.8 Å². The largest absolute Gasteiger partial charge is 0.462 e. The summed E-state index contributed by atoms with van der Waals surface area (Å²) < 4.78 is 5.15. The fourth-order valence-corrected chi connectivity index (χ4v) is 4.86. The molecule has 1 atom stereocenters. The molecule has 0 radical (unpaired) electrons. The molecule has 2 heterocycles. The highest BCUT2D eigenvalue weighted by atomic mass is 32.1. The molecule has 0 spiro atoms. The summed E-state index contributed by atoms with van der Waals surface area (Å²) in [7, 11) is 1.53. The Labute approximate surface area is 180 Å². The maximum Gasteiger partial charge on any atom is 0.341 e. The van der Waals surface area contributed by atoms with Gasteiger partial charge < -0.3 is 20.3 Å². The summed E-state index contributed by atoms with van der Waals surface area (Å²) in [5, 5.41) is 5.75. The summed E-state index contributed by atoms with van der Waals surface area (Å²) in [5.41, 5.74) is 3.03. The van der Waals surface area contributed by atoms with Gasteiger partial charge in [-0.2, -0.15) is 0 Å². The number of para-hydroxylation sites is 1. The molecule has 0 bridgehead atoms. The molecule has 3 rings (SSSR count). The molecule has 8 heteroatoms. The van der Waals surface area contributed by atoms with E-state index < -0.39 is 5.97 Å². The molecule has 2 N–H and O–H groups in total. The molecule has 160 valence electrons. The van der Waals surface area contributed by atoms with Crippen molar-refractivity contribution in [1.29, 1.82) is 0 Å². The summed E-state index contributed by atoms with van der Waals surface area (Å²) in [5.74, 6) is -1.09. The summed E-state index contributed by atoms with van der Waals surface area (Å²) in [6.07, 6.45) is 1.96. The van der Waals surface area contributed by atoms with Crippen LogP contribution in [0.1, 0.15) is 51.4 Å². The number of carbonyl (C=O) groups is 3. The first kappa shape index (κ1) is 21.8. The van der Waals surface area contributed by atoms with Gasteiger partial charge in [0.1, 0.15) is 5.00 Å². The van der Waals surface area contributed by atoms with Crippen LogP contribution in [0.5, 0.6) is 0 Å². The number of esters is 1. The summed E-state index contributed by atoms with van der Waals surface area (Å²) in [6, 6.07) is 8.32. The van der Waals surface area contributed by atoms with E-state index in [1.165, 1.54) is 12.6 Å². The molecule has 0 unspecified atom stereocenters. The highest BCUT2D eigenvalue weighted by Crippen LogP contribution is 2.34. The minimum atomic E-state index is -0.548. The molecule has 30 heavy (non-hydrogen) atoms. The predicted octanol–water partition coefficient (Wildman–Crippen LogP) is 3.37. The number of amides is 2. The van der Waals surface area contributed by atoms with Crippen LogP contribution < -0.4 is 15.5 Å². The summed E-state index contributed by atoms with van der Waals surface area (Å²) in [6.45, 7) is 5.87. The van der Waals surface area contributed by atoms with Crippen molar-refractivity contribution in [3.05, 3.63) is 45.8 Å². The molecule has 1 aliphatic rings. The number of hydrogen-bond donors (Lipinski definition) is 2. The highest BCUT2D eigenvalue weighted by molar-refractivity contribution is 7.18. The van der Waals surface area contributed by atoms with Gasteiger partial charge in [0.05, 0.1) is 23.6 Å². The topological polar surface area (TPSA) is 87.7 Å². The van der Waals surface area contributed by atoms with Crippen LogP contribution in [0.4, 0.5) is 10.7 Å². The van der Waals surface area contributed by atoms with Crippen molar-refractivity contribution in [2.45, 2.75) is 39.7 Å². The number of aryl methyl sites for hydroxylation is 1. The van der Waals surface area contributed by atoms with Crippen LogP contribution in [0.15, 0.2) is 24.3 Å². The third-order valence-corrected chi connectivity index (χ3v) is 6.50. The van der Waals surface area contributed by atoms with Gasteiger partial charge in [-0.15, -0.1) is 11.3 Å². The lowest BCUT2D eigenvalue weighted by atomic mass is 9.96. The van der Waals surface area contributed by atoms with Crippen LogP contribution in [0.3, 0.4) is 0 Å². The predicted molar refractivity (Wildman–Crippen MR) is 119 cm³/mol. The van der Waals surface area contributed by atoms with Crippen molar-refractivity contribution in [2.24, 2.45) is 0 Å². The monoisotopic (exact) mass is 429 g/mol. The van der Waals surface area contributed by atoms with Crippen molar-refractivity contribution in [3.63, 3.8) is 0 Å². The van der Waals surface area contributed by atoms with Gasteiger partial charge in [-0.05, 0) is 50.8 Å². The Balaban J connectivity index is 1.86. The van der Waals surface area contributed by atoms with E-state index in [4.69, 9.17) is 4.74 Å². The average Bonchev–Trinajstić information content (AvgIpc) is 3.05. The zero-order valence-electron chi connectivity index (χ0n) is 17.7. The van der Waals surface area contributed by atoms with E-state index in [9.17, 15) is 14.4 Å². The molecule has 1 aromatic heterocycles. The molecule has 0 saturated heterocycles. The molecular formula is C22H27N3O4S. The van der Waals surface area contributed by atoms with Gasteiger partial charge in [0.2, 0.25) is 5.91 Å². The lowest BCUT2D eigenvalue weighted by Gasteiger charge is -2.36. The Morgan fingerprint density at radius 3 is 2.70 bits per heavy atom. The number of ether oxygens (including phenoxy) is 1. The third kappa shape index (κ3) is 4.33. The summed E-state index contributed by atoms with van der Waals surface area (Å²) >= 11 is 1.09. The number of carbonyl (C=O) groups excluding carboxylic acids is 3. The SMILES string of the molecule is CCOC(=O)c1c(NC(=O)CN2c3ccccc3CC[C@@H]2C)sc(C(=O)NC)c1C. The van der Waals surface area contributed by atoms with Crippen molar-refractivity contribution >= 4 is 39.8 Å². The fourth-order valence-electron chi connectivity index (χ4n) is 3.70. The molecule has 2 amide bonds. The average molecular weight is 430 g/mol. The van der Waals surface area contributed by atoms with Crippen LogP contribution in [-0.4, -0.2) is 44.0 Å². The van der Waals surface area contributed by atoms with Crippen LogP contribution in [0.25, 0.3) is 0 Å². The Kier molecular flexibility index (Phi) is 6.77. The summed E-state index contributed by atoms with van der Waals surface area (Å²) in [4.78, 5) is 40.1. The molecule has 2 aromatic rings. The maximum atomic E-state index is 12.9. The first-order chi connectivity index (χ1) is 14.4. The molecular weight excluding hydrogens is 402 g/mol. The number of nitrogens with one attached hydrogen (secondary N) is 2. The van der Waals surface area contributed by atoms with Crippen LogP contribution in [0, 0.1) is 6.92 Å². The number of anilines is 2. The number of fused-ring (bicyclic) bond motifs is 1. The molecule has 0 aliphatic carbocycles. The van der Waals surface area contributed by atoms with Gasteiger partial charge in [-0.25, -0.2) is 4.79 Å². The smallest absolute Gasteiger partial charge is 0.341 e. The Hall–Kier alpha value is -2.87. The van der Waals surface area contributed by atoms with Gasteiger partial charge in [0.25, 0.3) is 5.91 Å². The van der Waals surface area contributed by atoms with Crippen molar-refractivity contribution < 1.29 is 19.1 Å². The van der Waals surface area contributed by atoms with Gasteiger partial charge in [0, 0.05) is 18.8 Å². The third-order valence-electron chi connectivity index (χ3n) is 5.29. The quantitative estimate of drug-likeness (QED) is 0.688. The zero-order chi connectivity index (χ0) is 21.8. The standard InChI is InChI=1S/C22H27N3O4S/c1-5-29-22(28)18-14(3)19(20(27)23-4)30-21(18)24-17(26)12-25-13(2)10-11-15-8-6-7-9-16(15)25/h6-9,13H,5,10-12H2,1-4H3,(H,23,27)(H,24,26)/t13-/m0/s1. The first-order valence-electron chi connectivity index (χ1n) is 10.0. The normalized spacial score (nSPS) is 15.3. The van der Waals surface area contributed by atoms with E-state index >= 15 is 0 Å². The molecule has 7 nitrogen and oxygen atoms in total. The second-order valence-electron chi connectivity index (χ2n) is 7.25. The second kappa shape index (κ2) is 9.30.